The Bertz CT molecular complexity index is 1120. The summed E-state index contributed by atoms with van der Waals surface area (Å²) >= 11 is 0. The van der Waals surface area contributed by atoms with Crippen molar-refractivity contribution in [3.63, 3.8) is 0 Å². The first-order valence-electron chi connectivity index (χ1n) is 12.4. The maximum atomic E-state index is 14.8. The second kappa shape index (κ2) is 10.5. The van der Waals surface area contributed by atoms with E-state index >= 15 is 0 Å². The molecule has 0 saturated carbocycles. The van der Waals surface area contributed by atoms with E-state index in [1.165, 1.54) is 18.2 Å². The maximum absolute atomic E-state index is 14.8. The maximum Gasteiger partial charge on any atom is 0.227 e. The average Bonchev–Trinajstić information content (AvgIpc) is 3.22. The molecule has 2 heterocycles. The summed E-state index contributed by atoms with van der Waals surface area (Å²) in [6.45, 7) is 10.4. The number of piperidine rings is 1. The lowest BCUT2D eigenvalue weighted by Crippen LogP contribution is -2.57. The molecule has 2 fully saturated rings. The molecule has 2 aliphatic rings. The predicted octanol–water partition coefficient (Wildman–Crippen LogP) is 5.48. The van der Waals surface area contributed by atoms with Crippen LogP contribution in [0.1, 0.15) is 51.7 Å². The van der Waals surface area contributed by atoms with Gasteiger partial charge in [0, 0.05) is 55.5 Å². The predicted molar refractivity (Wildman–Crippen MR) is 136 cm³/mol. The number of carbonyl (C=O) groups is 1. The smallest absolute Gasteiger partial charge is 0.227 e. The molecule has 2 aliphatic heterocycles. The number of amides is 1. The molecule has 4 rings (SSSR count). The summed E-state index contributed by atoms with van der Waals surface area (Å²) in [6.07, 6.45) is 0. The molecule has 9 heteroatoms. The molecule has 204 valence electrons. The Morgan fingerprint density at radius 2 is 1.49 bits per heavy atom. The Kier molecular flexibility index (Phi) is 8.38. The number of rotatable bonds is 3. The molecule has 0 unspecified atom stereocenters. The monoisotopic (exact) mass is 542 g/mol. The van der Waals surface area contributed by atoms with Crippen LogP contribution in [-0.4, -0.2) is 52.5 Å². The lowest BCUT2D eigenvalue weighted by molar-refractivity contribution is -0.153. The molecule has 0 aliphatic carbocycles. The average molecular weight is 543 g/mol. The molecule has 0 bridgehead atoms. The number of nitrogens with zero attached hydrogens (tertiary/aromatic N) is 2. The van der Waals surface area contributed by atoms with E-state index in [-0.39, 0.29) is 42.5 Å². The van der Waals surface area contributed by atoms with Crippen molar-refractivity contribution >= 4 is 18.3 Å². The van der Waals surface area contributed by atoms with Gasteiger partial charge in [-0.2, -0.15) is 0 Å². The second-order valence-electron chi connectivity index (χ2n) is 11.4. The van der Waals surface area contributed by atoms with Gasteiger partial charge in [-0.05, 0) is 44.5 Å². The minimum Gasteiger partial charge on any atom is -0.384 e. The third-order valence-electron chi connectivity index (χ3n) is 8.11. The van der Waals surface area contributed by atoms with Crippen LogP contribution in [0.2, 0.25) is 0 Å². The van der Waals surface area contributed by atoms with Gasteiger partial charge in [0.25, 0.3) is 0 Å². The van der Waals surface area contributed by atoms with Gasteiger partial charge in [0.2, 0.25) is 5.91 Å². The van der Waals surface area contributed by atoms with Gasteiger partial charge in [0.1, 0.15) is 28.9 Å². The number of carbonyl (C=O) groups excluding carboxylic acids is 1. The van der Waals surface area contributed by atoms with Crippen LogP contribution < -0.4 is 0 Å². The van der Waals surface area contributed by atoms with Crippen molar-refractivity contribution in [2.45, 2.75) is 51.7 Å². The Balaban J connectivity index is 0.00000380. The van der Waals surface area contributed by atoms with Crippen molar-refractivity contribution in [1.82, 2.24) is 9.80 Å². The van der Waals surface area contributed by atoms with E-state index in [1.54, 1.807) is 18.7 Å². The summed E-state index contributed by atoms with van der Waals surface area (Å²) in [5.74, 6) is -5.58. The van der Waals surface area contributed by atoms with Gasteiger partial charge < -0.3 is 10.0 Å². The Morgan fingerprint density at radius 1 is 0.919 bits per heavy atom. The van der Waals surface area contributed by atoms with E-state index in [0.717, 1.165) is 18.2 Å². The summed E-state index contributed by atoms with van der Waals surface area (Å²) in [7, 11) is 0. The van der Waals surface area contributed by atoms with Gasteiger partial charge in [0.15, 0.2) is 0 Å². The summed E-state index contributed by atoms with van der Waals surface area (Å²) in [5, 5.41) is 11.5. The van der Waals surface area contributed by atoms with Crippen molar-refractivity contribution in [3.05, 3.63) is 70.8 Å². The number of hydrogen-bond donors (Lipinski definition) is 1. The van der Waals surface area contributed by atoms with Gasteiger partial charge in [-0.3, -0.25) is 9.69 Å². The second-order valence-corrected chi connectivity index (χ2v) is 11.4. The highest BCUT2D eigenvalue weighted by molar-refractivity contribution is 5.85. The number of hydrogen-bond acceptors (Lipinski definition) is 3. The zero-order valence-corrected chi connectivity index (χ0v) is 22.6. The molecule has 0 radical (unpaired) electrons. The van der Waals surface area contributed by atoms with Crippen LogP contribution in [-0.2, 0) is 10.4 Å². The fourth-order valence-corrected chi connectivity index (χ4v) is 6.01. The van der Waals surface area contributed by atoms with E-state index < -0.39 is 52.5 Å². The number of likely N-dealkylation sites (tertiary alicyclic amines) is 2. The van der Waals surface area contributed by atoms with Crippen LogP contribution in [0, 0.1) is 41.0 Å². The van der Waals surface area contributed by atoms with Gasteiger partial charge >= 0.3 is 0 Å². The third-order valence-corrected chi connectivity index (χ3v) is 8.11. The van der Waals surface area contributed by atoms with Crippen molar-refractivity contribution in [1.29, 1.82) is 0 Å². The largest absolute Gasteiger partial charge is 0.384 e. The molecule has 2 saturated heterocycles. The van der Waals surface area contributed by atoms with Crippen LogP contribution in [0.25, 0.3) is 0 Å². The quantitative estimate of drug-likeness (QED) is 0.522. The van der Waals surface area contributed by atoms with Crippen LogP contribution in [0.15, 0.2) is 36.4 Å². The number of benzene rings is 2. The van der Waals surface area contributed by atoms with E-state index in [0.29, 0.717) is 18.7 Å². The molecular formula is C28H35ClF4N2O2. The minimum atomic E-state index is -1.79. The fraction of sp³-hybridized carbons (Fsp3) is 0.536. The van der Waals surface area contributed by atoms with Gasteiger partial charge in [0.05, 0.1) is 11.5 Å². The highest BCUT2D eigenvalue weighted by atomic mass is 35.5. The van der Waals surface area contributed by atoms with Crippen LogP contribution >= 0.6 is 12.4 Å². The molecule has 2 aromatic rings. The summed E-state index contributed by atoms with van der Waals surface area (Å²) in [4.78, 5) is 17.6. The minimum absolute atomic E-state index is 0. The normalized spacial score (nSPS) is 28.8. The summed E-state index contributed by atoms with van der Waals surface area (Å²) in [6, 6.07) is 6.94. The Morgan fingerprint density at radius 3 is 2.00 bits per heavy atom. The third kappa shape index (κ3) is 5.25. The van der Waals surface area contributed by atoms with E-state index in [9.17, 15) is 27.5 Å². The zero-order chi connectivity index (χ0) is 26.6. The molecular weight excluding hydrogens is 508 g/mol. The number of aliphatic hydroxyl groups is 1. The molecule has 5 atom stereocenters. The molecule has 0 spiro atoms. The lowest BCUT2D eigenvalue weighted by atomic mass is 9.70. The van der Waals surface area contributed by atoms with Gasteiger partial charge in [-0.15, -0.1) is 12.4 Å². The summed E-state index contributed by atoms with van der Waals surface area (Å²) in [5.41, 5.74) is -2.14. The van der Waals surface area contributed by atoms with Crippen molar-refractivity contribution in [2.24, 2.45) is 17.8 Å². The van der Waals surface area contributed by atoms with E-state index in [4.69, 9.17) is 0 Å². The first-order chi connectivity index (χ1) is 16.7. The van der Waals surface area contributed by atoms with Gasteiger partial charge in [-0.25, -0.2) is 17.6 Å². The van der Waals surface area contributed by atoms with Crippen molar-refractivity contribution < 1.29 is 27.5 Å². The van der Waals surface area contributed by atoms with Crippen molar-refractivity contribution in [2.75, 3.05) is 26.2 Å². The molecule has 2 aromatic carbocycles. The molecule has 0 aromatic heterocycles. The highest BCUT2D eigenvalue weighted by Crippen LogP contribution is 2.45. The zero-order valence-electron chi connectivity index (χ0n) is 21.8. The Hall–Kier alpha value is -2.16. The van der Waals surface area contributed by atoms with Crippen LogP contribution in [0.4, 0.5) is 17.6 Å². The number of halogens is 5. The molecule has 4 nitrogen and oxygen atoms in total. The molecule has 37 heavy (non-hydrogen) atoms. The first-order valence-corrected chi connectivity index (χ1v) is 12.4. The fourth-order valence-electron chi connectivity index (χ4n) is 6.01. The molecule has 1 N–H and O–H groups in total. The van der Waals surface area contributed by atoms with Gasteiger partial charge in [-0.1, -0.05) is 26.0 Å². The standard InChI is InChI=1S/C28H34F4N2O2.ClH/c1-16-12-33(13-17(2)28(16,36)25-22(30)7-6-8-23(25)31)26(35)21-15-34(27(3,4)5)14-20(21)19-10-9-18(29)11-24(19)32;/h6-11,16-17,20-21,36H,12-15H2,1-5H3;1H/t16-,17+,20-,21+,28+;/m0./s1. The van der Waals surface area contributed by atoms with Crippen molar-refractivity contribution in [3.8, 4) is 0 Å². The molecule has 1 amide bonds. The topological polar surface area (TPSA) is 43.8 Å². The van der Waals surface area contributed by atoms with E-state index in [2.05, 4.69) is 4.90 Å². The first kappa shape index (κ1) is 29.4. The SMILES string of the molecule is C[C@@H]1CN(C(=O)[C@@H]2CN(C(C)(C)C)C[C@H]2c2ccc(F)cc2F)C[C@H](C)[C@]1(O)c1c(F)cccc1F.Cl. The van der Waals surface area contributed by atoms with E-state index in [1.807, 2.05) is 20.8 Å². The highest BCUT2D eigenvalue weighted by Gasteiger charge is 2.52. The lowest BCUT2D eigenvalue weighted by Gasteiger charge is -2.48. The van der Waals surface area contributed by atoms with Crippen LogP contribution in [0.3, 0.4) is 0 Å². The summed E-state index contributed by atoms with van der Waals surface area (Å²) < 4.78 is 57.7. The Labute approximate surface area is 222 Å². The van der Waals surface area contributed by atoms with Crippen LogP contribution in [0.5, 0.6) is 0 Å².